The van der Waals surface area contributed by atoms with Crippen LogP contribution in [0.5, 0.6) is 0 Å². The van der Waals surface area contributed by atoms with Crippen molar-refractivity contribution in [3.8, 4) is 0 Å². The molecular formula is C14H14F2N2OS. The fourth-order valence-corrected chi connectivity index (χ4v) is 2.54. The van der Waals surface area contributed by atoms with Gasteiger partial charge >= 0.3 is 0 Å². The van der Waals surface area contributed by atoms with Gasteiger partial charge in [-0.05, 0) is 34.5 Å². The SMILES string of the molecule is CNc1c(F)cc(C(=O)N(C)Cc2ccsc2)cc1F. The number of rotatable bonds is 4. The summed E-state index contributed by atoms with van der Waals surface area (Å²) in [6.45, 7) is 0.402. The Kier molecular flexibility index (Phi) is 4.34. The van der Waals surface area contributed by atoms with Gasteiger partial charge in [0, 0.05) is 26.2 Å². The molecule has 0 aliphatic heterocycles. The fraction of sp³-hybridized carbons (Fsp3) is 0.214. The van der Waals surface area contributed by atoms with E-state index in [0.717, 1.165) is 17.7 Å². The minimum atomic E-state index is -0.778. The second kappa shape index (κ2) is 6.00. The summed E-state index contributed by atoms with van der Waals surface area (Å²) in [6, 6.07) is 3.99. The largest absolute Gasteiger partial charge is 0.383 e. The Balaban J connectivity index is 2.20. The van der Waals surface area contributed by atoms with E-state index in [4.69, 9.17) is 0 Å². The lowest BCUT2D eigenvalue weighted by atomic mass is 10.1. The average molecular weight is 296 g/mol. The molecule has 0 saturated heterocycles. The summed E-state index contributed by atoms with van der Waals surface area (Å²) in [5.74, 6) is -1.98. The van der Waals surface area contributed by atoms with Crippen LogP contribution in [0.3, 0.4) is 0 Å². The summed E-state index contributed by atoms with van der Waals surface area (Å²) >= 11 is 1.53. The van der Waals surface area contributed by atoms with E-state index >= 15 is 0 Å². The van der Waals surface area contributed by atoms with Crippen LogP contribution in [0, 0.1) is 11.6 Å². The van der Waals surface area contributed by atoms with Gasteiger partial charge in [-0.2, -0.15) is 11.3 Å². The van der Waals surface area contributed by atoms with Gasteiger partial charge in [-0.15, -0.1) is 0 Å². The van der Waals surface area contributed by atoms with Crippen molar-refractivity contribution < 1.29 is 13.6 Å². The lowest BCUT2D eigenvalue weighted by molar-refractivity contribution is 0.0784. The summed E-state index contributed by atoms with van der Waals surface area (Å²) in [7, 11) is 3.02. The second-order valence-corrected chi connectivity index (χ2v) is 5.14. The fourth-order valence-electron chi connectivity index (χ4n) is 1.88. The van der Waals surface area contributed by atoms with Gasteiger partial charge in [0.05, 0.1) is 0 Å². The third kappa shape index (κ3) is 2.96. The van der Waals surface area contributed by atoms with Crippen LogP contribution in [0.25, 0.3) is 0 Å². The molecule has 3 nitrogen and oxygen atoms in total. The maximum atomic E-state index is 13.6. The first-order chi connectivity index (χ1) is 9.52. The van der Waals surface area contributed by atoms with Crippen LogP contribution in [-0.4, -0.2) is 24.9 Å². The van der Waals surface area contributed by atoms with Crippen molar-refractivity contribution in [3.05, 3.63) is 51.7 Å². The summed E-state index contributed by atoms with van der Waals surface area (Å²) < 4.78 is 27.3. The molecule has 0 aliphatic carbocycles. The maximum Gasteiger partial charge on any atom is 0.254 e. The Labute approximate surface area is 119 Å². The van der Waals surface area contributed by atoms with E-state index in [1.54, 1.807) is 7.05 Å². The van der Waals surface area contributed by atoms with Crippen LogP contribution in [0.4, 0.5) is 14.5 Å². The molecule has 0 atom stereocenters. The minimum Gasteiger partial charge on any atom is -0.383 e. The molecular weight excluding hydrogens is 282 g/mol. The summed E-state index contributed by atoms with van der Waals surface area (Å²) in [6.07, 6.45) is 0. The molecule has 1 aromatic heterocycles. The van der Waals surface area contributed by atoms with Gasteiger partial charge in [-0.3, -0.25) is 4.79 Å². The monoisotopic (exact) mass is 296 g/mol. The molecule has 0 spiro atoms. The number of nitrogens with one attached hydrogen (secondary N) is 1. The van der Waals surface area contributed by atoms with Crippen LogP contribution >= 0.6 is 11.3 Å². The van der Waals surface area contributed by atoms with Gasteiger partial charge in [0.1, 0.15) is 17.3 Å². The Hall–Kier alpha value is -1.95. The normalized spacial score (nSPS) is 10.4. The first-order valence-electron chi connectivity index (χ1n) is 5.96. The highest BCUT2D eigenvalue weighted by molar-refractivity contribution is 7.07. The molecule has 0 radical (unpaired) electrons. The van der Waals surface area contributed by atoms with E-state index in [9.17, 15) is 13.6 Å². The van der Waals surface area contributed by atoms with E-state index in [-0.39, 0.29) is 11.3 Å². The van der Waals surface area contributed by atoms with Gasteiger partial charge in [-0.1, -0.05) is 0 Å². The lowest BCUT2D eigenvalue weighted by Crippen LogP contribution is -2.26. The zero-order valence-electron chi connectivity index (χ0n) is 11.1. The molecule has 1 heterocycles. The van der Waals surface area contributed by atoms with Crippen molar-refractivity contribution in [2.24, 2.45) is 0 Å². The van der Waals surface area contributed by atoms with Crippen molar-refractivity contribution in [1.82, 2.24) is 4.90 Å². The number of anilines is 1. The number of thiophene rings is 1. The highest BCUT2D eigenvalue weighted by Gasteiger charge is 2.17. The molecule has 0 fully saturated rings. The highest BCUT2D eigenvalue weighted by Crippen LogP contribution is 2.21. The Morgan fingerprint density at radius 2 is 2.00 bits per heavy atom. The van der Waals surface area contributed by atoms with Gasteiger partial charge in [-0.25, -0.2) is 8.78 Å². The molecule has 0 unspecified atom stereocenters. The summed E-state index contributed by atoms with van der Waals surface area (Å²) in [5, 5.41) is 6.26. The van der Waals surface area contributed by atoms with Gasteiger partial charge in [0.15, 0.2) is 0 Å². The predicted octanol–water partition coefficient (Wildman–Crippen LogP) is 3.34. The summed E-state index contributed by atoms with van der Waals surface area (Å²) in [4.78, 5) is 13.6. The van der Waals surface area contributed by atoms with Crippen molar-refractivity contribution in [2.75, 3.05) is 19.4 Å². The van der Waals surface area contributed by atoms with Gasteiger partial charge in [0.2, 0.25) is 0 Å². The van der Waals surface area contributed by atoms with Crippen molar-refractivity contribution in [2.45, 2.75) is 6.54 Å². The zero-order valence-corrected chi connectivity index (χ0v) is 11.9. The van der Waals surface area contributed by atoms with Crippen LogP contribution < -0.4 is 5.32 Å². The van der Waals surface area contributed by atoms with Crippen molar-refractivity contribution >= 4 is 22.9 Å². The maximum absolute atomic E-state index is 13.6. The van der Waals surface area contributed by atoms with Crippen LogP contribution in [0.2, 0.25) is 0 Å². The smallest absolute Gasteiger partial charge is 0.254 e. The molecule has 106 valence electrons. The van der Waals surface area contributed by atoms with Crippen molar-refractivity contribution in [3.63, 3.8) is 0 Å². The molecule has 20 heavy (non-hydrogen) atoms. The number of halogens is 2. The van der Waals surface area contributed by atoms with Gasteiger partial charge in [0.25, 0.3) is 5.91 Å². The zero-order chi connectivity index (χ0) is 14.7. The third-order valence-electron chi connectivity index (χ3n) is 2.89. The molecule has 1 N–H and O–H groups in total. The molecule has 2 aromatic rings. The van der Waals surface area contributed by atoms with Gasteiger partial charge < -0.3 is 10.2 Å². The van der Waals surface area contributed by atoms with Crippen LogP contribution in [0.15, 0.2) is 29.0 Å². The van der Waals surface area contributed by atoms with Crippen molar-refractivity contribution in [1.29, 1.82) is 0 Å². The third-order valence-corrected chi connectivity index (χ3v) is 3.62. The van der Waals surface area contributed by atoms with E-state index in [0.29, 0.717) is 6.54 Å². The predicted molar refractivity (Wildman–Crippen MR) is 76.0 cm³/mol. The van der Waals surface area contributed by atoms with Crippen LogP contribution in [-0.2, 0) is 6.54 Å². The quantitative estimate of drug-likeness (QED) is 0.938. The molecule has 0 bridgehead atoms. The number of carbonyl (C=O) groups is 1. The van der Waals surface area contributed by atoms with E-state index < -0.39 is 17.5 Å². The highest BCUT2D eigenvalue weighted by atomic mass is 32.1. The first-order valence-corrected chi connectivity index (χ1v) is 6.90. The number of carbonyl (C=O) groups excluding carboxylic acids is 1. The number of benzene rings is 1. The minimum absolute atomic E-state index is 0.00303. The number of nitrogens with zero attached hydrogens (tertiary/aromatic N) is 1. The van der Waals surface area contributed by atoms with E-state index in [1.165, 1.54) is 23.3 Å². The molecule has 0 saturated carbocycles. The first kappa shape index (κ1) is 14.5. The molecule has 2 rings (SSSR count). The Morgan fingerprint density at radius 3 is 2.50 bits per heavy atom. The van der Waals surface area contributed by atoms with E-state index in [2.05, 4.69) is 5.32 Å². The number of hydrogen-bond donors (Lipinski definition) is 1. The Bertz CT molecular complexity index is 591. The lowest BCUT2D eigenvalue weighted by Gasteiger charge is -2.17. The van der Waals surface area contributed by atoms with E-state index in [1.807, 2.05) is 16.8 Å². The second-order valence-electron chi connectivity index (χ2n) is 4.36. The molecule has 6 heteroatoms. The Morgan fingerprint density at radius 1 is 1.35 bits per heavy atom. The average Bonchev–Trinajstić information content (AvgIpc) is 2.90. The number of amides is 1. The topological polar surface area (TPSA) is 32.3 Å². The standard InChI is InChI=1S/C14H14F2N2OS/c1-17-13-11(15)5-10(6-12(13)16)14(19)18(2)7-9-3-4-20-8-9/h3-6,8,17H,7H2,1-2H3. The summed E-state index contributed by atoms with van der Waals surface area (Å²) in [5.41, 5.74) is 0.748. The molecule has 0 aliphatic rings. The number of hydrogen-bond acceptors (Lipinski definition) is 3. The van der Waals surface area contributed by atoms with Crippen LogP contribution in [0.1, 0.15) is 15.9 Å². The molecule has 1 amide bonds. The molecule has 1 aromatic carbocycles.